The number of likely N-dealkylation sites (N-methyl/N-ethyl adjacent to an activating group) is 2. The van der Waals surface area contributed by atoms with Crippen molar-refractivity contribution >= 4 is 33.2 Å². The van der Waals surface area contributed by atoms with Crippen molar-refractivity contribution in [3.05, 3.63) is 144 Å². The maximum atomic E-state index is 5.21. The van der Waals surface area contributed by atoms with Crippen molar-refractivity contribution < 1.29 is 0 Å². The predicted molar refractivity (Wildman–Crippen MR) is 187 cm³/mol. The number of aromatic nitrogens is 2. The van der Waals surface area contributed by atoms with Crippen molar-refractivity contribution in [3.63, 3.8) is 0 Å². The Morgan fingerprint density at radius 1 is 0.432 bits per heavy atom. The predicted octanol–water partition coefficient (Wildman–Crippen LogP) is 10.1. The Morgan fingerprint density at radius 2 is 0.818 bits per heavy atom. The van der Waals surface area contributed by atoms with E-state index in [0.717, 1.165) is 44.6 Å². The highest BCUT2D eigenvalue weighted by atomic mass is 15.2. The SMILES string of the molecule is CC(C)c1ccc2cccc(N(C)[C@@H](c3ccccc3)[C@H](c3ccccc3)N(C)c3cccc4ccc(C(C)C)nc34)c2n1. The first kappa shape index (κ1) is 29.4. The van der Waals surface area contributed by atoms with E-state index in [-0.39, 0.29) is 12.1 Å². The molecule has 0 radical (unpaired) electrons. The third-order valence-electron chi connectivity index (χ3n) is 8.80. The average Bonchev–Trinajstić information content (AvgIpc) is 3.06. The topological polar surface area (TPSA) is 32.3 Å². The Morgan fingerprint density at radius 3 is 1.18 bits per heavy atom. The zero-order valence-corrected chi connectivity index (χ0v) is 26.6. The normalized spacial score (nSPS) is 13.0. The molecular formula is C40H42N4. The van der Waals surface area contributed by atoms with Crippen LogP contribution < -0.4 is 9.80 Å². The summed E-state index contributed by atoms with van der Waals surface area (Å²) in [5, 5.41) is 2.30. The van der Waals surface area contributed by atoms with E-state index in [9.17, 15) is 0 Å². The zero-order valence-electron chi connectivity index (χ0n) is 26.6. The molecule has 0 bridgehead atoms. The molecule has 0 fully saturated rings. The van der Waals surface area contributed by atoms with Gasteiger partial charge in [-0.2, -0.15) is 0 Å². The van der Waals surface area contributed by atoms with Gasteiger partial charge < -0.3 is 9.80 Å². The lowest BCUT2D eigenvalue weighted by Crippen LogP contribution is -2.38. The van der Waals surface area contributed by atoms with Gasteiger partial charge in [0.2, 0.25) is 0 Å². The Kier molecular flexibility index (Phi) is 8.34. The van der Waals surface area contributed by atoms with E-state index in [0.29, 0.717) is 11.8 Å². The summed E-state index contributed by atoms with van der Waals surface area (Å²) in [6.07, 6.45) is 0. The number of hydrogen-bond donors (Lipinski definition) is 0. The van der Waals surface area contributed by atoms with Gasteiger partial charge in [0.15, 0.2) is 0 Å². The van der Waals surface area contributed by atoms with Crippen molar-refractivity contribution in [3.8, 4) is 0 Å². The molecule has 0 saturated heterocycles. The van der Waals surface area contributed by atoms with Crippen LogP contribution in [0.3, 0.4) is 0 Å². The molecule has 0 amide bonds. The first-order chi connectivity index (χ1) is 21.3. The highest BCUT2D eigenvalue weighted by Gasteiger charge is 2.34. The van der Waals surface area contributed by atoms with Gasteiger partial charge in [0, 0.05) is 36.3 Å². The summed E-state index contributed by atoms with van der Waals surface area (Å²) in [4.78, 5) is 15.3. The van der Waals surface area contributed by atoms with Crippen molar-refractivity contribution in [2.24, 2.45) is 0 Å². The van der Waals surface area contributed by atoms with Crippen LogP contribution in [0.5, 0.6) is 0 Å². The van der Waals surface area contributed by atoms with Gasteiger partial charge in [0.25, 0.3) is 0 Å². The molecule has 0 N–H and O–H groups in total. The number of hydrogen-bond acceptors (Lipinski definition) is 4. The van der Waals surface area contributed by atoms with Gasteiger partial charge >= 0.3 is 0 Å². The van der Waals surface area contributed by atoms with E-state index in [1.807, 2.05) is 0 Å². The summed E-state index contributed by atoms with van der Waals surface area (Å²) in [7, 11) is 4.44. The fourth-order valence-electron chi connectivity index (χ4n) is 6.34. The van der Waals surface area contributed by atoms with E-state index < -0.39 is 0 Å². The fraction of sp³-hybridized carbons (Fsp3) is 0.250. The van der Waals surface area contributed by atoms with Crippen LogP contribution in [0.25, 0.3) is 21.8 Å². The van der Waals surface area contributed by atoms with Crippen LogP contribution >= 0.6 is 0 Å². The molecule has 0 aliphatic carbocycles. The maximum absolute atomic E-state index is 5.21. The molecule has 2 atom stereocenters. The summed E-state index contributed by atoms with van der Waals surface area (Å²) in [6.45, 7) is 8.82. The third kappa shape index (κ3) is 5.65. The van der Waals surface area contributed by atoms with Crippen LogP contribution in [0, 0.1) is 0 Å². The quantitative estimate of drug-likeness (QED) is 0.171. The van der Waals surface area contributed by atoms with Gasteiger partial charge in [-0.05, 0) is 47.2 Å². The summed E-state index contributed by atoms with van der Waals surface area (Å²) in [6, 6.07) is 43.5. The third-order valence-corrected chi connectivity index (χ3v) is 8.80. The van der Waals surface area contributed by atoms with Crippen molar-refractivity contribution in [2.75, 3.05) is 23.9 Å². The summed E-state index contributed by atoms with van der Waals surface area (Å²) in [5.74, 6) is 0.695. The molecule has 4 nitrogen and oxygen atoms in total. The molecule has 6 rings (SSSR count). The molecule has 4 heteroatoms. The second kappa shape index (κ2) is 12.5. The minimum Gasteiger partial charge on any atom is -0.363 e. The Bertz CT molecular complexity index is 1730. The van der Waals surface area contributed by atoms with Crippen LogP contribution in [0.4, 0.5) is 11.4 Å². The zero-order chi connectivity index (χ0) is 30.8. The van der Waals surface area contributed by atoms with E-state index in [1.54, 1.807) is 0 Å². The van der Waals surface area contributed by atoms with Gasteiger partial charge in [-0.15, -0.1) is 0 Å². The Labute approximate surface area is 262 Å². The molecular weight excluding hydrogens is 536 g/mol. The number of pyridine rings is 2. The summed E-state index contributed by atoms with van der Waals surface area (Å²) in [5.41, 5.74) is 8.99. The van der Waals surface area contributed by atoms with E-state index in [1.165, 1.54) is 11.1 Å². The first-order valence-corrected chi connectivity index (χ1v) is 15.7. The molecule has 2 aromatic heterocycles. The fourth-order valence-corrected chi connectivity index (χ4v) is 6.34. The minimum atomic E-state index is -0.0396. The average molecular weight is 579 g/mol. The molecule has 44 heavy (non-hydrogen) atoms. The highest BCUT2D eigenvalue weighted by molar-refractivity contribution is 5.92. The van der Waals surface area contributed by atoms with Crippen molar-refractivity contribution in [2.45, 2.75) is 51.6 Å². The number of nitrogens with zero attached hydrogens (tertiary/aromatic N) is 4. The number of benzene rings is 4. The Hall–Kier alpha value is -4.70. The smallest absolute Gasteiger partial charge is 0.0938 e. The van der Waals surface area contributed by atoms with Crippen molar-refractivity contribution in [1.29, 1.82) is 0 Å². The number of rotatable bonds is 9. The highest BCUT2D eigenvalue weighted by Crippen LogP contribution is 2.44. The van der Waals surface area contributed by atoms with Crippen LogP contribution in [0.1, 0.15) is 74.1 Å². The van der Waals surface area contributed by atoms with E-state index in [2.05, 4.69) is 173 Å². The lowest BCUT2D eigenvalue weighted by Gasteiger charge is -2.42. The van der Waals surface area contributed by atoms with Crippen molar-refractivity contribution in [1.82, 2.24) is 9.97 Å². The van der Waals surface area contributed by atoms with Gasteiger partial charge in [0.05, 0.1) is 34.5 Å². The Balaban J connectivity index is 1.58. The number of fused-ring (bicyclic) bond motifs is 2. The van der Waals surface area contributed by atoms with Gasteiger partial charge in [-0.25, -0.2) is 0 Å². The number of anilines is 2. The second-order valence-corrected chi connectivity index (χ2v) is 12.4. The van der Waals surface area contributed by atoms with Crippen LogP contribution in [0.15, 0.2) is 121 Å². The molecule has 4 aromatic carbocycles. The van der Waals surface area contributed by atoms with Crippen LogP contribution in [-0.2, 0) is 0 Å². The first-order valence-electron chi connectivity index (χ1n) is 15.7. The summed E-state index contributed by atoms with van der Waals surface area (Å²) >= 11 is 0. The van der Waals surface area contributed by atoms with E-state index >= 15 is 0 Å². The molecule has 0 spiro atoms. The van der Waals surface area contributed by atoms with Gasteiger partial charge in [-0.1, -0.05) is 125 Å². The molecule has 222 valence electrons. The largest absolute Gasteiger partial charge is 0.363 e. The van der Waals surface area contributed by atoms with Gasteiger partial charge in [0.1, 0.15) is 0 Å². The number of para-hydroxylation sites is 2. The molecule has 0 aliphatic rings. The van der Waals surface area contributed by atoms with Crippen LogP contribution in [-0.4, -0.2) is 24.1 Å². The summed E-state index contributed by atoms with van der Waals surface area (Å²) < 4.78 is 0. The van der Waals surface area contributed by atoms with Crippen LogP contribution in [0.2, 0.25) is 0 Å². The molecule has 0 saturated carbocycles. The monoisotopic (exact) mass is 578 g/mol. The lowest BCUT2D eigenvalue weighted by molar-refractivity contribution is 0.522. The molecule has 2 heterocycles. The molecule has 0 aliphatic heterocycles. The second-order valence-electron chi connectivity index (χ2n) is 12.4. The van der Waals surface area contributed by atoms with Gasteiger partial charge in [-0.3, -0.25) is 9.97 Å². The standard InChI is InChI=1S/C40H42N4/c1-27(2)33-25-23-29-19-13-21-35(37(29)41-33)43(5)39(31-15-9-7-10-16-31)40(32-17-11-8-12-18-32)44(6)36-22-14-20-30-24-26-34(28(3)4)42-38(30)36/h7-28,39-40H,1-6H3/t39-,40-/m0/s1. The lowest BCUT2D eigenvalue weighted by atomic mass is 9.90. The molecule has 0 unspecified atom stereocenters. The van der Waals surface area contributed by atoms with E-state index in [4.69, 9.17) is 9.97 Å². The molecule has 6 aromatic rings. The minimum absolute atomic E-state index is 0.0396. The maximum Gasteiger partial charge on any atom is 0.0938 e.